The fourth-order valence-corrected chi connectivity index (χ4v) is 5.94. The largest absolute Gasteiger partial charge is 0.337 e. The van der Waals surface area contributed by atoms with Gasteiger partial charge in [0.05, 0.1) is 22.1 Å². The summed E-state index contributed by atoms with van der Waals surface area (Å²) in [5, 5.41) is 8.76. The van der Waals surface area contributed by atoms with Gasteiger partial charge in [-0.1, -0.05) is 12.1 Å². The van der Waals surface area contributed by atoms with Gasteiger partial charge in [0.2, 0.25) is 0 Å². The summed E-state index contributed by atoms with van der Waals surface area (Å²) < 4.78 is 15.1. The highest BCUT2D eigenvalue weighted by molar-refractivity contribution is 7.20. The smallest absolute Gasteiger partial charge is 0.264 e. The van der Waals surface area contributed by atoms with Crippen LogP contribution >= 0.6 is 22.7 Å². The SMILES string of the molecule is Cc1nn(Cc2ccc(F)cc2)c2sc(C(=O)N3CCCC(c4nccs4)C3)cc12. The number of hydrogen-bond acceptors (Lipinski definition) is 5. The van der Waals surface area contributed by atoms with Crippen LogP contribution in [0.15, 0.2) is 41.9 Å². The minimum atomic E-state index is -0.248. The second-order valence-electron chi connectivity index (χ2n) is 7.66. The number of benzene rings is 1. The molecule has 1 atom stereocenters. The normalized spacial score (nSPS) is 17.0. The molecule has 5 rings (SSSR count). The van der Waals surface area contributed by atoms with Gasteiger partial charge in [-0.3, -0.25) is 9.48 Å². The van der Waals surface area contributed by atoms with Crippen molar-refractivity contribution in [3.8, 4) is 0 Å². The van der Waals surface area contributed by atoms with Crippen molar-refractivity contribution in [1.29, 1.82) is 0 Å². The third kappa shape index (κ3) is 3.65. The molecule has 0 saturated carbocycles. The standard InChI is InChI=1S/C22H21FN4OS2/c1-14-18-11-19(21(28)26-9-2-3-16(13-26)20-24-8-10-29-20)30-22(18)27(25-14)12-15-4-6-17(23)7-5-15/h4-8,10-11,16H,2-3,9,12-13H2,1H3. The number of hydrogen-bond donors (Lipinski definition) is 0. The molecule has 0 radical (unpaired) electrons. The maximum absolute atomic E-state index is 13.2. The summed E-state index contributed by atoms with van der Waals surface area (Å²) in [6.07, 6.45) is 3.91. The summed E-state index contributed by atoms with van der Waals surface area (Å²) in [5.74, 6) is 0.167. The molecule has 154 valence electrons. The number of piperidine rings is 1. The van der Waals surface area contributed by atoms with Gasteiger partial charge in [0.15, 0.2) is 0 Å². The molecule has 1 aromatic carbocycles. The number of nitrogens with zero attached hydrogens (tertiary/aromatic N) is 4. The Hall–Kier alpha value is -2.58. The highest BCUT2D eigenvalue weighted by atomic mass is 32.1. The van der Waals surface area contributed by atoms with E-state index < -0.39 is 0 Å². The lowest BCUT2D eigenvalue weighted by atomic mass is 9.98. The quantitative estimate of drug-likeness (QED) is 0.445. The molecule has 0 aliphatic carbocycles. The predicted molar refractivity (Wildman–Crippen MR) is 118 cm³/mol. The van der Waals surface area contributed by atoms with Gasteiger partial charge in [-0.2, -0.15) is 5.10 Å². The number of halogens is 1. The molecule has 30 heavy (non-hydrogen) atoms. The van der Waals surface area contributed by atoms with Crippen molar-refractivity contribution >= 4 is 38.8 Å². The summed E-state index contributed by atoms with van der Waals surface area (Å²) in [6.45, 7) is 4.02. The summed E-state index contributed by atoms with van der Waals surface area (Å²) in [5.41, 5.74) is 1.88. The van der Waals surface area contributed by atoms with E-state index in [-0.39, 0.29) is 11.7 Å². The van der Waals surface area contributed by atoms with Crippen LogP contribution in [0, 0.1) is 12.7 Å². The Bertz CT molecular complexity index is 1180. The van der Waals surface area contributed by atoms with Gasteiger partial charge in [0.25, 0.3) is 5.91 Å². The number of rotatable bonds is 4. The highest BCUT2D eigenvalue weighted by Gasteiger charge is 2.28. The van der Waals surface area contributed by atoms with Crippen LogP contribution in [0.5, 0.6) is 0 Å². The van der Waals surface area contributed by atoms with Crippen molar-refractivity contribution in [1.82, 2.24) is 19.7 Å². The number of carbonyl (C=O) groups is 1. The molecule has 0 N–H and O–H groups in total. The number of thiazole rings is 1. The third-order valence-electron chi connectivity index (χ3n) is 5.57. The average Bonchev–Trinajstić information content (AvgIpc) is 3.49. The Kier molecular flexibility index (Phi) is 5.12. The van der Waals surface area contributed by atoms with E-state index in [1.165, 1.54) is 23.5 Å². The van der Waals surface area contributed by atoms with Crippen LogP contribution in [0.4, 0.5) is 4.39 Å². The molecular formula is C22H21FN4OS2. The Labute approximate surface area is 181 Å². The van der Waals surface area contributed by atoms with E-state index in [1.54, 1.807) is 23.5 Å². The second-order valence-corrected chi connectivity index (χ2v) is 9.62. The number of likely N-dealkylation sites (tertiary alicyclic amines) is 1. The number of carbonyl (C=O) groups excluding carboxylic acids is 1. The van der Waals surface area contributed by atoms with Crippen molar-refractivity contribution < 1.29 is 9.18 Å². The predicted octanol–water partition coefficient (Wildman–Crippen LogP) is 5.07. The molecule has 8 heteroatoms. The van der Waals surface area contributed by atoms with Gasteiger partial charge in [-0.05, 0) is 43.5 Å². The summed E-state index contributed by atoms with van der Waals surface area (Å²) >= 11 is 3.16. The average molecular weight is 441 g/mol. The zero-order chi connectivity index (χ0) is 20.7. The summed E-state index contributed by atoms with van der Waals surface area (Å²) in [4.78, 5) is 21.4. The van der Waals surface area contributed by atoms with Crippen molar-refractivity contribution in [2.75, 3.05) is 13.1 Å². The Balaban J connectivity index is 1.39. The number of aryl methyl sites for hydroxylation is 1. The van der Waals surface area contributed by atoms with E-state index in [2.05, 4.69) is 10.1 Å². The molecule has 1 unspecified atom stereocenters. The van der Waals surface area contributed by atoms with Crippen molar-refractivity contribution in [2.24, 2.45) is 0 Å². The van der Waals surface area contributed by atoms with Crippen LogP contribution in [-0.4, -0.2) is 38.7 Å². The highest BCUT2D eigenvalue weighted by Crippen LogP contribution is 2.33. The first-order valence-corrected chi connectivity index (χ1v) is 11.7. The van der Waals surface area contributed by atoms with E-state index >= 15 is 0 Å². The van der Waals surface area contributed by atoms with Crippen LogP contribution in [0.3, 0.4) is 0 Å². The first kappa shape index (κ1) is 19.4. The fraction of sp³-hybridized carbons (Fsp3) is 0.318. The minimum Gasteiger partial charge on any atom is -0.337 e. The number of amides is 1. The molecule has 1 amide bonds. The first-order valence-electron chi connectivity index (χ1n) is 9.98. The maximum Gasteiger partial charge on any atom is 0.264 e. The van der Waals surface area contributed by atoms with Gasteiger partial charge < -0.3 is 4.90 Å². The molecule has 1 aliphatic rings. The van der Waals surface area contributed by atoms with Crippen LogP contribution < -0.4 is 0 Å². The summed E-state index contributed by atoms with van der Waals surface area (Å²) in [6, 6.07) is 8.43. The maximum atomic E-state index is 13.2. The lowest BCUT2D eigenvalue weighted by Crippen LogP contribution is -2.38. The first-order chi connectivity index (χ1) is 14.6. The topological polar surface area (TPSA) is 51.0 Å². The van der Waals surface area contributed by atoms with E-state index in [4.69, 9.17) is 0 Å². The van der Waals surface area contributed by atoms with Crippen molar-refractivity contribution in [2.45, 2.75) is 32.2 Å². The van der Waals surface area contributed by atoms with Crippen molar-refractivity contribution in [3.05, 3.63) is 68.9 Å². The van der Waals surface area contributed by atoms with Crippen LogP contribution in [0.2, 0.25) is 0 Å². The lowest BCUT2D eigenvalue weighted by molar-refractivity contribution is 0.0712. The molecule has 3 aromatic heterocycles. The summed E-state index contributed by atoms with van der Waals surface area (Å²) in [7, 11) is 0. The monoisotopic (exact) mass is 440 g/mol. The van der Waals surface area contributed by atoms with Crippen LogP contribution in [0.25, 0.3) is 10.2 Å². The molecule has 1 fully saturated rings. The number of thiophene rings is 1. The molecule has 1 aliphatic heterocycles. The zero-order valence-corrected chi connectivity index (χ0v) is 18.2. The Morgan fingerprint density at radius 1 is 1.30 bits per heavy atom. The molecule has 1 saturated heterocycles. The zero-order valence-electron chi connectivity index (χ0n) is 16.5. The van der Waals surface area contributed by atoms with E-state index in [0.717, 1.165) is 57.3 Å². The fourth-order valence-electron chi connectivity index (χ4n) is 4.04. The van der Waals surface area contributed by atoms with E-state index in [9.17, 15) is 9.18 Å². The Morgan fingerprint density at radius 3 is 2.90 bits per heavy atom. The van der Waals surface area contributed by atoms with Gasteiger partial charge in [0, 0.05) is 36.0 Å². The van der Waals surface area contributed by atoms with Gasteiger partial charge in [0.1, 0.15) is 10.6 Å². The molecule has 4 heterocycles. The lowest BCUT2D eigenvalue weighted by Gasteiger charge is -2.31. The third-order valence-corrected chi connectivity index (χ3v) is 7.65. The van der Waals surface area contributed by atoms with E-state index in [1.807, 2.05) is 34.1 Å². The van der Waals surface area contributed by atoms with Gasteiger partial charge in [-0.25, -0.2) is 9.37 Å². The molecule has 5 nitrogen and oxygen atoms in total. The van der Waals surface area contributed by atoms with Crippen molar-refractivity contribution in [3.63, 3.8) is 0 Å². The molecule has 0 spiro atoms. The number of fused-ring (bicyclic) bond motifs is 1. The van der Waals surface area contributed by atoms with Crippen LogP contribution in [0.1, 0.15) is 44.7 Å². The second kappa shape index (κ2) is 7.92. The number of aromatic nitrogens is 3. The van der Waals surface area contributed by atoms with E-state index in [0.29, 0.717) is 12.5 Å². The van der Waals surface area contributed by atoms with Gasteiger partial charge in [-0.15, -0.1) is 22.7 Å². The van der Waals surface area contributed by atoms with Gasteiger partial charge >= 0.3 is 0 Å². The Morgan fingerprint density at radius 2 is 2.13 bits per heavy atom. The van der Waals surface area contributed by atoms with Crippen LogP contribution in [-0.2, 0) is 6.54 Å². The molecular weight excluding hydrogens is 419 g/mol. The minimum absolute atomic E-state index is 0.0881. The molecule has 0 bridgehead atoms. The molecule has 4 aromatic rings.